The van der Waals surface area contributed by atoms with Crippen LogP contribution in [0.15, 0.2) is 36.7 Å². The summed E-state index contributed by atoms with van der Waals surface area (Å²) in [7, 11) is 3.97. The van der Waals surface area contributed by atoms with Crippen LogP contribution in [0.5, 0.6) is 0 Å². The predicted octanol–water partition coefficient (Wildman–Crippen LogP) is 2.59. The molecule has 1 aromatic carbocycles. The Kier molecular flexibility index (Phi) is 4.81. The Labute approximate surface area is 125 Å². The van der Waals surface area contributed by atoms with Crippen LogP contribution >= 0.6 is 11.6 Å². The molecule has 108 valence electrons. The second-order valence-corrected chi connectivity index (χ2v) is 5.67. The van der Waals surface area contributed by atoms with Crippen molar-refractivity contribution in [2.75, 3.05) is 7.05 Å². The lowest BCUT2D eigenvalue weighted by atomic mass is 10.0. The predicted molar refractivity (Wildman–Crippen MR) is 82.5 cm³/mol. The smallest absolute Gasteiger partial charge is 0.0538 e. The fourth-order valence-electron chi connectivity index (χ4n) is 2.55. The second kappa shape index (κ2) is 6.39. The molecule has 0 bridgehead atoms. The molecule has 0 fully saturated rings. The highest BCUT2D eigenvalue weighted by Crippen LogP contribution is 2.25. The van der Waals surface area contributed by atoms with E-state index in [4.69, 9.17) is 17.3 Å². The molecule has 2 N–H and O–H groups in total. The topological polar surface area (TPSA) is 47.1 Å². The molecule has 0 radical (unpaired) electrons. The highest BCUT2D eigenvalue weighted by Gasteiger charge is 2.23. The zero-order valence-corrected chi connectivity index (χ0v) is 12.9. The van der Waals surface area contributed by atoms with Crippen LogP contribution in [0.3, 0.4) is 0 Å². The lowest BCUT2D eigenvalue weighted by molar-refractivity contribution is 0.211. The molecule has 1 heterocycles. The number of aryl methyl sites for hydroxylation is 1. The van der Waals surface area contributed by atoms with Crippen molar-refractivity contribution in [2.45, 2.75) is 25.6 Å². The van der Waals surface area contributed by atoms with Gasteiger partial charge in [-0.2, -0.15) is 5.10 Å². The van der Waals surface area contributed by atoms with Crippen LogP contribution in [-0.2, 0) is 13.6 Å². The molecular weight excluding hydrogens is 272 g/mol. The summed E-state index contributed by atoms with van der Waals surface area (Å²) in [6.45, 7) is 2.77. The Morgan fingerprint density at radius 2 is 2.10 bits per heavy atom. The Hall–Kier alpha value is -1.36. The normalized spacial score (nSPS) is 14.5. The fraction of sp³-hybridized carbons (Fsp3) is 0.400. The third-order valence-corrected chi connectivity index (χ3v) is 3.79. The Morgan fingerprint density at radius 3 is 2.65 bits per heavy atom. The molecule has 2 rings (SSSR count). The van der Waals surface area contributed by atoms with Gasteiger partial charge in [-0.25, -0.2) is 0 Å². The number of rotatable bonds is 5. The van der Waals surface area contributed by atoms with Gasteiger partial charge in [0.2, 0.25) is 0 Å². The number of halogens is 1. The number of likely N-dealkylation sites (N-methyl/N-ethyl adjacent to an activating group) is 1. The van der Waals surface area contributed by atoms with Gasteiger partial charge < -0.3 is 5.73 Å². The van der Waals surface area contributed by atoms with Crippen LogP contribution in [0.25, 0.3) is 0 Å². The molecule has 0 aliphatic heterocycles. The van der Waals surface area contributed by atoms with E-state index in [1.165, 1.54) is 0 Å². The van der Waals surface area contributed by atoms with Gasteiger partial charge in [-0.1, -0.05) is 29.8 Å². The summed E-state index contributed by atoms with van der Waals surface area (Å²) in [4.78, 5) is 2.21. The van der Waals surface area contributed by atoms with Crippen molar-refractivity contribution in [2.24, 2.45) is 12.8 Å². The van der Waals surface area contributed by atoms with Crippen molar-refractivity contribution in [3.05, 3.63) is 52.8 Å². The van der Waals surface area contributed by atoms with Gasteiger partial charge in [0.25, 0.3) is 0 Å². The van der Waals surface area contributed by atoms with E-state index >= 15 is 0 Å². The van der Waals surface area contributed by atoms with Gasteiger partial charge in [0, 0.05) is 36.4 Å². The van der Waals surface area contributed by atoms with Crippen molar-refractivity contribution < 1.29 is 0 Å². The Bertz CT molecular complexity index is 565. The maximum atomic E-state index is 6.23. The maximum Gasteiger partial charge on any atom is 0.0538 e. The van der Waals surface area contributed by atoms with E-state index in [0.717, 1.165) is 22.7 Å². The number of aromatic nitrogens is 2. The largest absolute Gasteiger partial charge is 0.326 e. The monoisotopic (exact) mass is 292 g/mol. The zero-order chi connectivity index (χ0) is 14.7. The van der Waals surface area contributed by atoms with Gasteiger partial charge in [-0.3, -0.25) is 9.58 Å². The van der Waals surface area contributed by atoms with Crippen LogP contribution in [0.2, 0.25) is 5.02 Å². The average molecular weight is 293 g/mol. The molecule has 0 spiro atoms. The summed E-state index contributed by atoms with van der Waals surface area (Å²) >= 11 is 6.23. The van der Waals surface area contributed by atoms with Gasteiger partial charge in [-0.05, 0) is 25.6 Å². The number of nitrogens with two attached hydrogens (primary N) is 1. The number of hydrogen-bond acceptors (Lipinski definition) is 3. The van der Waals surface area contributed by atoms with Crippen molar-refractivity contribution in [3.8, 4) is 0 Å². The minimum Gasteiger partial charge on any atom is -0.326 e. The van der Waals surface area contributed by atoms with E-state index in [2.05, 4.69) is 17.0 Å². The molecule has 5 heteroatoms. The molecule has 0 saturated carbocycles. The molecule has 0 aliphatic carbocycles. The molecule has 1 aromatic heterocycles. The Balaban J connectivity index is 2.20. The quantitative estimate of drug-likeness (QED) is 0.921. The van der Waals surface area contributed by atoms with E-state index in [1.807, 2.05) is 50.6 Å². The van der Waals surface area contributed by atoms with E-state index in [-0.39, 0.29) is 12.1 Å². The van der Waals surface area contributed by atoms with Crippen LogP contribution in [0, 0.1) is 0 Å². The third-order valence-electron chi connectivity index (χ3n) is 3.42. The highest BCUT2D eigenvalue weighted by molar-refractivity contribution is 6.31. The molecular formula is C15H21ClN4. The second-order valence-electron chi connectivity index (χ2n) is 5.26. The summed E-state index contributed by atoms with van der Waals surface area (Å²) in [5.74, 6) is 0. The van der Waals surface area contributed by atoms with E-state index in [1.54, 1.807) is 4.68 Å². The van der Waals surface area contributed by atoms with Crippen LogP contribution < -0.4 is 5.73 Å². The van der Waals surface area contributed by atoms with Crippen LogP contribution in [0.1, 0.15) is 24.1 Å². The summed E-state index contributed by atoms with van der Waals surface area (Å²) in [5, 5.41) is 5.02. The number of nitrogens with zero attached hydrogens (tertiary/aromatic N) is 3. The van der Waals surface area contributed by atoms with Crippen LogP contribution in [0.4, 0.5) is 0 Å². The molecule has 0 amide bonds. The van der Waals surface area contributed by atoms with Gasteiger partial charge in [0.05, 0.1) is 12.2 Å². The zero-order valence-electron chi connectivity index (χ0n) is 12.1. The summed E-state index contributed by atoms with van der Waals surface area (Å²) in [5.41, 5.74) is 8.38. The highest BCUT2D eigenvalue weighted by atomic mass is 35.5. The van der Waals surface area contributed by atoms with Crippen molar-refractivity contribution in [1.29, 1.82) is 0 Å². The molecule has 0 saturated heterocycles. The Morgan fingerprint density at radius 1 is 1.40 bits per heavy atom. The number of benzene rings is 1. The molecule has 20 heavy (non-hydrogen) atoms. The molecule has 0 aliphatic rings. The van der Waals surface area contributed by atoms with E-state index in [9.17, 15) is 0 Å². The molecule has 2 aromatic rings. The molecule has 4 nitrogen and oxygen atoms in total. The van der Waals surface area contributed by atoms with Crippen molar-refractivity contribution in [3.63, 3.8) is 0 Å². The minimum absolute atomic E-state index is 0.00619. The number of hydrogen-bond donors (Lipinski definition) is 1. The lowest BCUT2D eigenvalue weighted by Gasteiger charge is -2.30. The lowest BCUT2D eigenvalue weighted by Crippen LogP contribution is -2.36. The summed E-state index contributed by atoms with van der Waals surface area (Å²) in [6, 6.07) is 8.01. The molecule has 2 unspecified atom stereocenters. The van der Waals surface area contributed by atoms with Gasteiger partial charge in [-0.15, -0.1) is 0 Å². The summed E-state index contributed by atoms with van der Waals surface area (Å²) < 4.78 is 1.80. The van der Waals surface area contributed by atoms with Gasteiger partial charge in [0.15, 0.2) is 0 Å². The third kappa shape index (κ3) is 3.39. The summed E-state index contributed by atoms with van der Waals surface area (Å²) in [6.07, 6.45) is 3.88. The maximum absolute atomic E-state index is 6.23. The first-order chi connectivity index (χ1) is 9.49. The molecule has 2 atom stereocenters. The fourth-order valence-corrected chi connectivity index (χ4v) is 2.74. The van der Waals surface area contributed by atoms with Gasteiger partial charge in [0.1, 0.15) is 0 Å². The first-order valence-corrected chi connectivity index (χ1v) is 7.04. The van der Waals surface area contributed by atoms with Crippen molar-refractivity contribution in [1.82, 2.24) is 14.7 Å². The SMILES string of the molecule is CC(N)C(c1cnn(C)c1)N(C)Cc1ccccc1Cl. The van der Waals surface area contributed by atoms with Crippen LogP contribution in [-0.4, -0.2) is 27.8 Å². The standard InChI is InChI=1S/C15H21ClN4/c1-11(17)15(13-8-18-20(3)10-13)19(2)9-12-6-4-5-7-14(12)16/h4-8,10-11,15H,9,17H2,1-3H3. The first-order valence-electron chi connectivity index (χ1n) is 6.67. The minimum atomic E-state index is 0.00619. The van der Waals surface area contributed by atoms with E-state index in [0.29, 0.717) is 0 Å². The first kappa shape index (κ1) is 15.0. The van der Waals surface area contributed by atoms with Crippen molar-refractivity contribution >= 4 is 11.6 Å². The average Bonchev–Trinajstić information content (AvgIpc) is 2.78. The van der Waals surface area contributed by atoms with Gasteiger partial charge >= 0.3 is 0 Å². The van der Waals surface area contributed by atoms with E-state index < -0.39 is 0 Å².